The molecule has 0 saturated carbocycles. The van der Waals surface area contributed by atoms with E-state index in [9.17, 15) is 0 Å². The molecule has 0 atom stereocenters. The Kier molecular flexibility index (Phi) is 12.5. The van der Waals surface area contributed by atoms with E-state index in [0.717, 1.165) is 64.3 Å². The Bertz CT molecular complexity index is 5470. The van der Waals surface area contributed by atoms with E-state index < -0.39 is 0 Å². The minimum absolute atomic E-state index is 0.165. The van der Waals surface area contributed by atoms with Crippen molar-refractivity contribution in [3.8, 4) is 44.8 Å². The standard InChI is InChI=1S/C86H65BN4S/c1-5-6-32-68-77(48-45-67-66-37-20-25-42-82(66)92-85(67)68)90-78-53-60(88-73-38-21-16-33-62(73)63-34-17-22-39-74(63)88)43-46-71(78)87-72-47-44-61(89-75-40-23-18-35-64(75)65-36-19-24-41-76(65)89)54-79(72)91(81-52-59(86(2,3)4)51-80(90)83(81)87)84-69(56-28-12-8-13-29-56)49-58(55-26-10-7-11-27-55)50-70(84)57-30-14-9-15-31-57/h7-31,33-54H,5-6,32H2,1-4H3. The van der Waals surface area contributed by atoms with Crippen LogP contribution in [0.3, 0.4) is 0 Å². The number of para-hydroxylation sites is 4. The average molecular weight is 1200 g/mol. The summed E-state index contributed by atoms with van der Waals surface area (Å²) in [5.41, 5.74) is 27.4. The highest BCUT2D eigenvalue weighted by atomic mass is 32.1. The first-order valence-corrected chi connectivity index (χ1v) is 33.4. The molecule has 0 aliphatic carbocycles. The monoisotopic (exact) mass is 1200 g/mol. The van der Waals surface area contributed by atoms with Gasteiger partial charge in [-0.25, -0.2) is 0 Å². The number of unbranched alkanes of at least 4 members (excludes halogenated alkanes) is 1. The van der Waals surface area contributed by atoms with Gasteiger partial charge in [0, 0.05) is 87.0 Å². The van der Waals surface area contributed by atoms with Crippen LogP contribution in [0.2, 0.25) is 0 Å². The first-order chi connectivity index (χ1) is 45.3. The van der Waals surface area contributed by atoms with E-state index >= 15 is 0 Å². The van der Waals surface area contributed by atoms with Crippen molar-refractivity contribution in [2.24, 2.45) is 0 Å². The molecule has 438 valence electrons. The number of anilines is 6. The molecule has 0 unspecified atom stereocenters. The van der Waals surface area contributed by atoms with Crippen LogP contribution in [0.15, 0.2) is 285 Å². The van der Waals surface area contributed by atoms with Crippen LogP contribution in [0.4, 0.5) is 34.1 Å². The second-order valence-corrected chi connectivity index (χ2v) is 27.2. The smallest absolute Gasteiger partial charge is 0.252 e. The number of hydrogen-bond acceptors (Lipinski definition) is 3. The normalized spacial score (nSPS) is 12.8. The molecule has 0 N–H and O–H groups in total. The van der Waals surface area contributed by atoms with Crippen molar-refractivity contribution in [1.29, 1.82) is 0 Å². The Morgan fingerprint density at radius 3 is 1.32 bits per heavy atom. The number of thiophene rings is 1. The second kappa shape index (κ2) is 21.2. The van der Waals surface area contributed by atoms with Gasteiger partial charge in [-0.1, -0.05) is 234 Å². The molecule has 0 spiro atoms. The third kappa shape index (κ3) is 8.36. The maximum atomic E-state index is 2.73. The molecule has 6 heteroatoms. The third-order valence-corrected chi connectivity index (χ3v) is 21.1. The molecule has 3 aromatic heterocycles. The lowest BCUT2D eigenvalue weighted by molar-refractivity contribution is 0.590. The van der Waals surface area contributed by atoms with Crippen LogP contribution < -0.4 is 26.2 Å². The Hall–Kier alpha value is -10.7. The number of nitrogens with zero attached hydrogens (tertiary/aromatic N) is 4. The van der Waals surface area contributed by atoms with Gasteiger partial charge in [-0.05, 0) is 153 Å². The van der Waals surface area contributed by atoms with Crippen molar-refractivity contribution >= 4 is 132 Å². The Labute approximate surface area is 541 Å². The molecule has 0 fully saturated rings. The summed E-state index contributed by atoms with van der Waals surface area (Å²) in [5, 5.41) is 7.64. The highest BCUT2D eigenvalue weighted by Crippen LogP contribution is 2.54. The minimum atomic E-state index is -0.267. The zero-order valence-electron chi connectivity index (χ0n) is 52.0. The van der Waals surface area contributed by atoms with Crippen LogP contribution in [-0.4, -0.2) is 15.8 Å². The number of aryl methyl sites for hydroxylation is 1. The van der Waals surface area contributed by atoms with Crippen molar-refractivity contribution in [3.05, 3.63) is 296 Å². The van der Waals surface area contributed by atoms with E-state index in [-0.39, 0.29) is 12.1 Å². The number of hydrogen-bond donors (Lipinski definition) is 0. The van der Waals surface area contributed by atoms with Crippen molar-refractivity contribution in [1.82, 2.24) is 9.13 Å². The van der Waals surface area contributed by atoms with Crippen LogP contribution in [0.1, 0.15) is 51.7 Å². The molecule has 0 bridgehead atoms. The number of fused-ring (bicyclic) bond motifs is 13. The van der Waals surface area contributed by atoms with Crippen LogP contribution in [0, 0.1) is 0 Å². The molecular formula is C86H65BN4S. The van der Waals surface area contributed by atoms with Gasteiger partial charge in [0.1, 0.15) is 0 Å². The largest absolute Gasteiger partial charge is 0.311 e. The predicted octanol–water partition coefficient (Wildman–Crippen LogP) is 22.0. The van der Waals surface area contributed by atoms with Gasteiger partial charge < -0.3 is 18.9 Å². The maximum absolute atomic E-state index is 2.73. The molecule has 0 radical (unpaired) electrons. The van der Waals surface area contributed by atoms with E-state index in [0.29, 0.717) is 0 Å². The van der Waals surface area contributed by atoms with Gasteiger partial charge in [0.15, 0.2) is 0 Å². The Balaban J connectivity index is 1.01. The minimum Gasteiger partial charge on any atom is -0.311 e. The van der Waals surface area contributed by atoms with E-state index in [2.05, 4.69) is 332 Å². The topological polar surface area (TPSA) is 16.3 Å². The highest BCUT2D eigenvalue weighted by Gasteiger charge is 2.46. The molecule has 0 amide bonds. The first-order valence-electron chi connectivity index (χ1n) is 32.6. The summed E-state index contributed by atoms with van der Waals surface area (Å²) in [6.07, 6.45) is 3.11. The fraction of sp³-hybridized carbons (Fsp3) is 0.0930. The first kappa shape index (κ1) is 54.3. The number of rotatable bonds is 10. The van der Waals surface area contributed by atoms with Gasteiger partial charge in [-0.3, -0.25) is 0 Å². The molecule has 18 rings (SSSR count). The SMILES string of the molecule is CCCCc1c(N2c3cc(-n4c5ccccc5c5ccccc54)ccc3B3c4ccc(-n5c6ccccc6c6ccccc65)cc4N(c4c(-c5ccccc5)cc(-c5ccccc5)cc4-c4ccccc4)c4cc(C(C)(C)C)cc2c43)ccc2c1sc1ccccc12. The summed E-state index contributed by atoms with van der Waals surface area (Å²) in [6.45, 7) is 9.37. The number of aromatic nitrogens is 2. The Morgan fingerprint density at radius 1 is 0.370 bits per heavy atom. The van der Waals surface area contributed by atoms with Gasteiger partial charge in [-0.15, -0.1) is 11.3 Å². The van der Waals surface area contributed by atoms with Crippen molar-refractivity contribution in [2.75, 3.05) is 9.80 Å². The molecule has 2 aliphatic heterocycles. The molecule has 0 saturated heterocycles. The predicted molar refractivity (Wildman–Crippen MR) is 396 cm³/mol. The van der Waals surface area contributed by atoms with Gasteiger partial charge in [0.2, 0.25) is 0 Å². The third-order valence-electron chi connectivity index (χ3n) is 19.8. The summed E-state index contributed by atoms with van der Waals surface area (Å²) in [6, 6.07) is 108. The fourth-order valence-electron chi connectivity index (χ4n) is 15.6. The zero-order chi connectivity index (χ0) is 61.3. The van der Waals surface area contributed by atoms with Crippen LogP contribution in [0.5, 0.6) is 0 Å². The highest BCUT2D eigenvalue weighted by molar-refractivity contribution is 7.26. The summed E-state index contributed by atoms with van der Waals surface area (Å²) >= 11 is 1.96. The number of benzene rings is 13. The van der Waals surface area contributed by atoms with Crippen LogP contribution in [0.25, 0.3) is 109 Å². The van der Waals surface area contributed by atoms with E-state index in [1.807, 2.05) is 11.3 Å². The van der Waals surface area contributed by atoms with Gasteiger partial charge in [0.25, 0.3) is 6.71 Å². The molecule has 5 heterocycles. The lowest BCUT2D eigenvalue weighted by atomic mass is 9.33. The summed E-state index contributed by atoms with van der Waals surface area (Å²) in [7, 11) is 0. The zero-order valence-corrected chi connectivity index (χ0v) is 52.8. The fourth-order valence-corrected chi connectivity index (χ4v) is 16.8. The quantitative estimate of drug-likeness (QED) is 0.127. The summed E-state index contributed by atoms with van der Waals surface area (Å²) in [4.78, 5) is 5.45. The van der Waals surface area contributed by atoms with Gasteiger partial charge in [-0.2, -0.15) is 0 Å². The van der Waals surface area contributed by atoms with E-state index in [4.69, 9.17) is 0 Å². The van der Waals surface area contributed by atoms with Crippen molar-refractivity contribution < 1.29 is 0 Å². The van der Waals surface area contributed by atoms with Crippen LogP contribution in [-0.2, 0) is 11.8 Å². The molecule has 2 aliphatic rings. The van der Waals surface area contributed by atoms with Gasteiger partial charge in [0.05, 0.1) is 33.4 Å². The van der Waals surface area contributed by atoms with Crippen molar-refractivity contribution in [3.63, 3.8) is 0 Å². The molecule has 16 aromatic rings. The molecular weight excluding hydrogens is 1130 g/mol. The summed E-state index contributed by atoms with van der Waals surface area (Å²) in [5.74, 6) is 0. The van der Waals surface area contributed by atoms with Crippen molar-refractivity contribution in [2.45, 2.75) is 52.4 Å². The Morgan fingerprint density at radius 2 is 0.815 bits per heavy atom. The maximum Gasteiger partial charge on any atom is 0.252 e. The average Bonchev–Trinajstić information content (AvgIpc) is 0.844. The summed E-state index contributed by atoms with van der Waals surface area (Å²) < 4.78 is 7.71. The lowest BCUT2D eigenvalue weighted by Gasteiger charge is -2.46. The lowest BCUT2D eigenvalue weighted by Crippen LogP contribution is -2.61. The molecule has 13 aromatic carbocycles. The van der Waals surface area contributed by atoms with Gasteiger partial charge >= 0.3 is 0 Å². The second-order valence-electron chi connectivity index (χ2n) is 26.2. The van der Waals surface area contributed by atoms with E-state index in [1.54, 1.807) is 0 Å². The molecule has 4 nitrogen and oxygen atoms in total. The molecule has 92 heavy (non-hydrogen) atoms. The van der Waals surface area contributed by atoms with E-state index in [1.165, 1.54) is 125 Å². The van der Waals surface area contributed by atoms with Crippen LogP contribution >= 0.6 is 11.3 Å².